The van der Waals surface area contributed by atoms with Crippen LogP contribution in [0.15, 0.2) is 0 Å². The first kappa shape index (κ1) is 16.8. The van der Waals surface area contributed by atoms with E-state index in [1.54, 1.807) is 0 Å². The fourth-order valence-corrected chi connectivity index (χ4v) is 1.60. The largest absolute Gasteiger partial charge is 0.393 e. The number of hydrogen-bond donors (Lipinski definition) is 4. The molecule has 0 saturated carbocycles. The van der Waals surface area contributed by atoms with E-state index in [0.717, 1.165) is 0 Å². The highest BCUT2D eigenvalue weighted by atomic mass is 16.3. The third kappa shape index (κ3) is 7.71. The minimum Gasteiger partial charge on any atom is -0.393 e. The van der Waals surface area contributed by atoms with Gasteiger partial charge in [-0.1, -0.05) is 27.7 Å². The van der Waals surface area contributed by atoms with Crippen molar-refractivity contribution >= 4 is 0 Å². The lowest BCUT2D eigenvalue weighted by molar-refractivity contribution is -0.0110. The van der Waals surface area contributed by atoms with Gasteiger partial charge in [0.2, 0.25) is 0 Å². The van der Waals surface area contributed by atoms with Crippen molar-refractivity contribution in [1.82, 2.24) is 0 Å². The Morgan fingerprint density at radius 1 is 0.765 bits per heavy atom. The van der Waals surface area contributed by atoms with Crippen LogP contribution in [0.5, 0.6) is 0 Å². The minimum absolute atomic E-state index is 0.199. The molecule has 0 rings (SSSR count). The van der Waals surface area contributed by atoms with E-state index in [4.69, 9.17) is 0 Å². The van der Waals surface area contributed by atoms with Crippen molar-refractivity contribution in [3.05, 3.63) is 0 Å². The van der Waals surface area contributed by atoms with Crippen molar-refractivity contribution in [2.75, 3.05) is 0 Å². The molecule has 0 bridgehead atoms. The molecular formula is C13H28O4. The number of hydrogen-bond acceptors (Lipinski definition) is 4. The fraction of sp³-hybridized carbons (Fsp3) is 1.00. The van der Waals surface area contributed by atoms with Gasteiger partial charge in [0, 0.05) is 0 Å². The van der Waals surface area contributed by atoms with Gasteiger partial charge < -0.3 is 20.4 Å². The van der Waals surface area contributed by atoms with Crippen LogP contribution in [-0.4, -0.2) is 44.8 Å². The van der Waals surface area contributed by atoms with E-state index in [1.807, 2.05) is 27.7 Å². The molecule has 17 heavy (non-hydrogen) atoms. The minimum atomic E-state index is -0.733. The first-order valence-corrected chi connectivity index (χ1v) is 6.39. The van der Waals surface area contributed by atoms with E-state index in [9.17, 15) is 20.4 Å². The van der Waals surface area contributed by atoms with Gasteiger partial charge in [-0.25, -0.2) is 0 Å². The van der Waals surface area contributed by atoms with Gasteiger partial charge in [0.05, 0.1) is 24.4 Å². The van der Waals surface area contributed by atoms with E-state index in [1.165, 1.54) is 0 Å². The predicted octanol–water partition coefficient (Wildman–Crippen LogP) is 1.06. The van der Waals surface area contributed by atoms with Gasteiger partial charge in [0.25, 0.3) is 0 Å². The van der Waals surface area contributed by atoms with E-state index >= 15 is 0 Å². The molecule has 4 nitrogen and oxygen atoms in total. The highest BCUT2D eigenvalue weighted by Gasteiger charge is 2.26. The summed E-state index contributed by atoms with van der Waals surface area (Å²) in [5.41, 5.74) is -0.269. The van der Waals surface area contributed by atoms with Gasteiger partial charge >= 0.3 is 0 Å². The molecule has 0 heterocycles. The van der Waals surface area contributed by atoms with E-state index in [2.05, 4.69) is 0 Å². The highest BCUT2D eigenvalue weighted by Crippen LogP contribution is 2.24. The van der Waals surface area contributed by atoms with Crippen LogP contribution in [0.3, 0.4) is 0 Å². The summed E-state index contributed by atoms with van der Waals surface area (Å²) >= 11 is 0. The second kappa shape index (κ2) is 7.31. The lowest BCUT2D eigenvalue weighted by atomic mass is 9.85. The van der Waals surface area contributed by atoms with Crippen LogP contribution in [-0.2, 0) is 0 Å². The van der Waals surface area contributed by atoms with E-state index in [0.29, 0.717) is 6.42 Å². The normalized spacial score (nSPS) is 19.8. The highest BCUT2D eigenvalue weighted by molar-refractivity contribution is 4.77. The first-order valence-electron chi connectivity index (χ1n) is 6.39. The number of rotatable bonds is 7. The maximum Gasteiger partial charge on any atom is 0.0613 e. The summed E-state index contributed by atoms with van der Waals surface area (Å²) in [5.74, 6) is 0. The Morgan fingerprint density at radius 3 is 1.59 bits per heavy atom. The smallest absolute Gasteiger partial charge is 0.0613 e. The molecule has 4 atom stereocenters. The molecule has 0 aliphatic carbocycles. The summed E-state index contributed by atoms with van der Waals surface area (Å²) in [5, 5.41) is 38.5. The van der Waals surface area contributed by atoms with Crippen molar-refractivity contribution < 1.29 is 20.4 Å². The first-order chi connectivity index (χ1) is 7.66. The van der Waals surface area contributed by atoms with Gasteiger partial charge in [0.1, 0.15) is 0 Å². The number of aliphatic hydroxyl groups is 4. The molecule has 0 spiro atoms. The fourth-order valence-electron chi connectivity index (χ4n) is 1.60. The lowest BCUT2D eigenvalue weighted by Crippen LogP contribution is -2.32. The Labute approximate surface area is 104 Å². The lowest BCUT2D eigenvalue weighted by Gasteiger charge is -2.28. The third-order valence-electron chi connectivity index (χ3n) is 3.05. The Morgan fingerprint density at radius 2 is 1.18 bits per heavy atom. The van der Waals surface area contributed by atoms with Crippen molar-refractivity contribution in [1.29, 1.82) is 0 Å². The summed E-state index contributed by atoms with van der Waals surface area (Å²) in [6.07, 6.45) is -1.25. The van der Waals surface area contributed by atoms with Crippen LogP contribution >= 0.6 is 0 Å². The van der Waals surface area contributed by atoms with E-state index < -0.39 is 24.4 Å². The van der Waals surface area contributed by atoms with Gasteiger partial charge in [-0.2, -0.15) is 0 Å². The zero-order valence-electron chi connectivity index (χ0n) is 11.4. The molecule has 0 saturated heterocycles. The van der Waals surface area contributed by atoms with E-state index in [-0.39, 0.29) is 24.7 Å². The maximum absolute atomic E-state index is 9.81. The molecule has 0 aromatic heterocycles. The summed E-state index contributed by atoms with van der Waals surface area (Å²) in [6, 6.07) is 0. The molecule has 0 amide bonds. The Kier molecular flexibility index (Phi) is 7.24. The second-order valence-electron chi connectivity index (χ2n) is 5.96. The summed E-state index contributed by atoms with van der Waals surface area (Å²) in [4.78, 5) is 0. The molecule has 0 radical (unpaired) electrons. The molecule has 4 N–H and O–H groups in total. The van der Waals surface area contributed by atoms with Crippen LogP contribution in [0.1, 0.15) is 53.4 Å². The predicted molar refractivity (Wildman–Crippen MR) is 67.6 cm³/mol. The molecule has 0 aromatic carbocycles. The van der Waals surface area contributed by atoms with Crippen LogP contribution in [0.25, 0.3) is 0 Å². The Hall–Kier alpha value is -0.160. The average Bonchev–Trinajstić information content (AvgIpc) is 2.15. The molecule has 0 aromatic rings. The van der Waals surface area contributed by atoms with Crippen molar-refractivity contribution in [2.45, 2.75) is 77.8 Å². The van der Waals surface area contributed by atoms with Crippen LogP contribution in [0.4, 0.5) is 0 Å². The molecule has 4 heteroatoms. The van der Waals surface area contributed by atoms with Crippen molar-refractivity contribution in [3.63, 3.8) is 0 Å². The molecule has 0 unspecified atom stereocenters. The van der Waals surface area contributed by atoms with Crippen LogP contribution in [0, 0.1) is 5.41 Å². The summed E-state index contributed by atoms with van der Waals surface area (Å²) in [7, 11) is 0. The maximum atomic E-state index is 9.81. The Bertz CT molecular complexity index is 200. The standard InChI is InChI=1S/C13H28O4/c1-5-9(14)6-10(15)7-11(16)8-12(17)13(2,3)4/h9-12,14-17H,5-8H2,1-4H3/t9-,10-,11-,12+/m1/s1. The van der Waals surface area contributed by atoms with Gasteiger partial charge in [-0.3, -0.25) is 0 Å². The number of aliphatic hydroxyl groups excluding tert-OH is 4. The molecule has 104 valence electrons. The average molecular weight is 248 g/mol. The molecule has 0 fully saturated rings. The molecule has 0 aliphatic heterocycles. The van der Waals surface area contributed by atoms with Crippen molar-refractivity contribution in [2.24, 2.45) is 5.41 Å². The third-order valence-corrected chi connectivity index (χ3v) is 3.05. The SMILES string of the molecule is CC[C@@H](O)C[C@@H](O)C[C@@H](O)C[C@H](O)C(C)(C)C. The van der Waals surface area contributed by atoms with Gasteiger partial charge in [-0.05, 0) is 31.1 Å². The quantitative estimate of drug-likeness (QED) is 0.543. The van der Waals surface area contributed by atoms with Gasteiger partial charge in [0.15, 0.2) is 0 Å². The zero-order chi connectivity index (χ0) is 13.6. The summed E-state index contributed by atoms with van der Waals surface area (Å²) < 4.78 is 0. The zero-order valence-corrected chi connectivity index (χ0v) is 11.4. The molecule has 0 aliphatic rings. The summed E-state index contributed by atoms with van der Waals surface area (Å²) in [6.45, 7) is 7.56. The second-order valence-corrected chi connectivity index (χ2v) is 5.96. The monoisotopic (exact) mass is 248 g/mol. The van der Waals surface area contributed by atoms with Crippen LogP contribution < -0.4 is 0 Å². The molecular weight excluding hydrogens is 220 g/mol. The topological polar surface area (TPSA) is 80.9 Å². The Balaban J connectivity index is 3.97. The van der Waals surface area contributed by atoms with Gasteiger partial charge in [-0.15, -0.1) is 0 Å². The van der Waals surface area contributed by atoms with Crippen molar-refractivity contribution in [3.8, 4) is 0 Å². The van der Waals surface area contributed by atoms with Crippen LogP contribution in [0.2, 0.25) is 0 Å².